The molecular weight excluding hydrogens is 673 g/mol. The van der Waals surface area contributed by atoms with E-state index in [9.17, 15) is 10.1 Å². The summed E-state index contributed by atoms with van der Waals surface area (Å²) in [6.07, 6.45) is 0.277. The zero-order valence-electron chi connectivity index (χ0n) is 28.9. The lowest BCUT2D eigenvalue weighted by molar-refractivity contribution is -0.142. The van der Waals surface area contributed by atoms with E-state index in [1.807, 2.05) is 97.3 Å². The smallest absolute Gasteiger partial charge is 0.262 e. The lowest BCUT2D eigenvalue weighted by Crippen LogP contribution is -2.62. The summed E-state index contributed by atoms with van der Waals surface area (Å²) in [6, 6.07) is 24.5. The number of nitriles is 2. The molecular formula is C38H43Cl2N7O3. The van der Waals surface area contributed by atoms with Crippen molar-refractivity contribution < 1.29 is 14.3 Å². The third kappa shape index (κ3) is 7.91. The molecule has 0 spiro atoms. The molecule has 0 radical (unpaired) electrons. The van der Waals surface area contributed by atoms with Crippen LogP contribution in [0.2, 0.25) is 10.0 Å². The van der Waals surface area contributed by atoms with Crippen molar-refractivity contribution in [2.24, 2.45) is 0 Å². The van der Waals surface area contributed by atoms with Crippen LogP contribution in [0, 0.1) is 22.7 Å². The molecule has 3 atom stereocenters. The first-order valence-electron chi connectivity index (χ1n) is 16.8. The molecule has 1 unspecified atom stereocenters. The summed E-state index contributed by atoms with van der Waals surface area (Å²) in [5.41, 5.74) is 1.01. The van der Waals surface area contributed by atoms with E-state index in [0.29, 0.717) is 60.7 Å². The maximum Gasteiger partial charge on any atom is 0.262 e. The van der Waals surface area contributed by atoms with Crippen molar-refractivity contribution in [1.29, 1.82) is 10.5 Å². The summed E-state index contributed by atoms with van der Waals surface area (Å²) in [6.45, 7) is 8.36. The van der Waals surface area contributed by atoms with Crippen molar-refractivity contribution in [3.05, 3.63) is 99.0 Å². The Kier molecular flexibility index (Phi) is 11.7. The molecule has 0 aliphatic carbocycles. The molecule has 10 nitrogen and oxygen atoms in total. The molecule has 0 aromatic heterocycles. The lowest BCUT2D eigenvalue weighted by atomic mass is 9.84. The second-order valence-corrected chi connectivity index (χ2v) is 14.1. The van der Waals surface area contributed by atoms with Crippen molar-refractivity contribution in [1.82, 2.24) is 25.3 Å². The van der Waals surface area contributed by atoms with Gasteiger partial charge in [-0.2, -0.15) is 10.5 Å². The van der Waals surface area contributed by atoms with Crippen LogP contribution in [0.4, 0.5) is 0 Å². The minimum absolute atomic E-state index is 0.0611. The summed E-state index contributed by atoms with van der Waals surface area (Å²) in [7, 11) is 1.70. The Bertz CT molecular complexity index is 1710. The van der Waals surface area contributed by atoms with Gasteiger partial charge < -0.3 is 14.5 Å². The summed E-state index contributed by atoms with van der Waals surface area (Å²) in [5, 5.41) is 27.5. The molecule has 2 aliphatic rings. The third-order valence-corrected chi connectivity index (χ3v) is 10.1. The second kappa shape index (κ2) is 15.8. The molecule has 2 saturated heterocycles. The van der Waals surface area contributed by atoms with Crippen molar-refractivity contribution in [2.75, 3.05) is 52.9 Å². The van der Waals surface area contributed by atoms with Crippen LogP contribution in [0.3, 0.4) is 0 Å². The Morgan fingerprint density at radius 1 is 0.940 bits per heavy atom. The quantitative estimate of drug-likeness (QED) is 0.265. The van der Waals surface area contributed by atoms with Crippen LogP contribution < -0.4 is 15.4 Å². The molecule has 2 N–H and O–H groups in total. The number of ether oxygens (including phenoxy) is 1. The van der Waals surface area contributed by atoms with Gasteiger partial charge >= 0.3 is 0 Å². The number of piperazine rings is 1. The van der Waals surface area contributed by atoms with E-state index in [1.165, 1.54) is 0 Å². The van der Waals surface area contributed by atoms with Gasteiger partial charge in [0.15, 0.2) is 5.66 Å². The second-order valence-electron chi connectivity index (χ2n) is 13.3. The first-order chi connectivity index (χ1) is 23.9. The molecule has 3 aromatic rings. The summed E-state index contributed by atoms with van der Waals surface area (Å²) in [5.74, 6) is 0.255. The number of likely N-dealkylation sites (N-methyl/N-ethyl adjacent to an activating group) is 1. The highest BCUT2D eigenvalue weighted by atomic mass is 35.5. The van der Waals surface area contributed by atoms with Crippen LogP contribution in [0.25, 0.3) is 0 Å². The van der Waals surface area contributed by atoms with Gasteiger partial charge in [0, 0.05) is 55.4 Å². The van der Waals surface area contributed by atoms with Crippen LogP contribution in [-0.4, -0.2) is 79.4 Å². The molecule has 3 aromatic carbocycles. The SMILES string of the molecule is CCOc1cc(C(C)(C)C#N)ccc1C1(C(=O)N2CCN(CC(=O)N(C)CCC#N)CC2)N[C@H](c2ccc(Cl)cc2)[C@H](c2ccc(Cl)cc2)N1. The lowest BCUT2D eigenvalue weighted by Gasteiger charge is -2.41. The Hall–Kier alpha value is -4.16. The van der Waals surface area contributed by atoms with Crippen molar-refractivity contribution in [2.45, 2.75) is 50.4 Å². The summed E-state index contributed by atoms with van der Waals surface area (Å²) < 4.78 is 6.25. The molecule has 0 bridgehead atoms. The van der Waals surface area contributed by atoms with E-state index in [2.05, 4.69) is 22.8 Å². The van der Waals surface area contributed by atoms with Gasteiger partial charge in [-0.1, -0.05) is 59.6 Å². The molecule has 50 heavy (non-hydrogen) atoms. The number of nitrogens with one attached hydrogen (secondary N) is 2. The number of carbonyl (C=O) groups is 2. The predicted octanol–water partition coefficient (Wildman–Crippen LogP) is 5.54. The number of hydrogen-bond donors (Lipinski definition) is 2. The number of halogens is 2. The minimum atomic E-state index is -1.44. The van der Waals surface area contributed by atoms with E-state index >= 15 is 4.79 Å². The van der Waals surface area contributed by atoms with Crippen LogP contribution in [0.5, 0.6) is 5.75 Å². The standard InChI is InChI=1S/C38H43Cl2N7O3/c1-5-50-32-23-28(37(2,3)25-42)11-16-31(32)38(36(49)47-21-19-46(20-22-47)24-33(48)45(4)18-6-17-41)43-34(26-7-12-29(39)13-8-26)35(44-38)27-9-14-30(40)15-10-27/h7-16,23,34-35,43-44H,5-6,18-22,24H2,1-4H3/t34-,35+,38?. The van der Waals surface area contributed by atoms with Crippen molar-refractivity contribution in [3.8, 4) is 17.9 Å². The summed E-state index contributed by atoms with van der Waals surface area (Å²) >= 11 is 12.6. The molecule has 262 valence electrons. The van der Waals surface area contributed by atoms with Crippen molar-refractivity contribution >= 4 is 35.0 Å². The van der Waals surface area contributed by atoms with Crippen LogP contribution in [0.15, 0.2) is 66.7 Å². The van der Waals surface area contributed by atoms with Gasteiger partial charge in [-0.3, -0.25) is 25.1 Å². The van der Waals surface area contributed by atoms with Gasteiger partial charge in [0.2, 0.25) is 5.91 Å². The average Bonchev–Trinajstić information content (AvgIpc) is 3.53. The van der Waals surface area contributed by atoms with E-state index in [-0.39, 0.29) is 36.9 Å². The Balaban J connectivity index is 1.56. The normalized spacial score (nSPS) is 20.9. The van der Waals surface area contributed by atoms with Crippen LogP contribution in [0.1, 0.15) is 61.5 Å². The van der Waals surface area contributed by atoms with E-state index in [4.69, 9.17) is 33.2 Å². The number of amides is 2. The zero-order chi connectivity index (χ0) is 36.1. The van der Waals surface area contributed by atoms with Gasteiger partial charge in [0.25, 0.3) is 5.91 Å². The zero-order valence-corrected chi connectivity index (χ0v) is 30.4. The highest BCUT2D eigenvalue weighted by molar-refractivity contribution is 6.30. The average molecular weight is 717 g/mol. The monoisotopic (exact) mass is 715 g/mol. The topological polar surface area (TPSA) is 125 Å². The fraction of sp³-hybridized carbons (Fsp3) is 0.421. The fourth-order valence-corrected chi connectivity index (χ4v) is 6.77. The Morgan fingerprint density at radius 2 is 1.50 bits per heavy atom. The predicted molar refractivity (Wildman–Crippen MR) is 193 cm³/mol. The Labute approximate surface area is 304 Å². The van der Waals surface area contributed by atoms with Gasteiger partial charge in [0.1, 0.15) is 5.75 Å². The molecule has 2 amide bonds. The van der Waals surface area contributed by atoms with Gasteiger partial charge in [-0.05, 0) is 67.8 Å². The first-order valence-corrected chi connectivity index (χ1v) is 17.6. The third-order valence-electron chi connectivity index (χ3n) is 9.55. The number of benzene rings is 3. The van der Waals surface area contributed by atoms with E-state index in [0.717, 1.165) is 16.7 Å². The highest BCUT2D eigenvalue weighted by Crippen LogP contribution is 2.45. The fourth-order valence-electron chi connectivity index (χ4n) is 6.52. The van der Waals surface area contributed by atoms with E-state index in [1.54, 1.807) is 11.9 Å². The maximum atomic E-state index is 15.2. The van der Waals surface area contributed by atoms with Crippen LogP contribution in [-0.2, 0) is 20.7 Å². The largest absolute Gasteiger partial charge is 0.493 e. The van der Waals surface area contributed by atoms with E-state index < -0.39 is 11.1 Å². The molecule has 0 saturated carbocycles. The minimum Gasteiger partial charge on any atom is -0.493 e. The maximum absolute atomic E-state index is 15.2. The highest BCUT2D eigenvalue weighted by Gasteiger charge is 2.54. The molecule has 2 fully saturated rings. The molecule has 2 aliphatic heterocycles. The molecule has 5 rings (SSSR count). The molecule has 12 heteroatoms. The van der Waals surface area contributed by atoms with Crippen molar-refractivity contribution in [3.63, 3.8) is 0 Å². The first kappa shape index (κ1) is 37.1. The van der Waals surface area contributed by atoms with Gasteiger partial charge in [-0.15, -0.1) is 0 Å². The van der Waals surface area contributed by atoms with Crippen LogP contribution >= 0.6 is 23.2 Å². The number of rotatable bonds is 11. The Morgan fingerprint density at radius 3 is 2.00 bits per heavy atom. The number of nitrogens with zero attached hydrogens (tertiary/aromatic N) is 5. The van der Waals surface area contributed by atoms with Gasteiger partial charge in [0.05, 0.1) is 49.2 Å². The molecule has 2 heterocycles. The number of hydrogen-bond acceptors (Lipinski definition) is 8. The van der Waals surface area contributed by atoms with Gasteiger partial charge in [-0.25, -0.2) is 0 Å². The summed E-state index contributed by atoms with van der Waals surface area (Å²) in [4.78, 5) is 33.4. The number of carbonyl (C=O) groups excluding carboxylic acids is 2.